The molecule has 0 aromatic carbocycles. The molecule has 1 aromatic rings. The van der Waals surface area contributed by atoms with E-state index in [4.69, 9.17) is 5.11 Å². The van der Waals surface area contributed by atoms with E-state index in [0.29, 0.717) is 6.42 Å². The van der Waals surface area contributed by atoms with Crippen molar-refractivity contribution in [2.45, 2.75) is 12.5 Å². The molecule has 1 unspecified atom stereocenters. The molecule has 14 heavy (non-hydrogen) atoms. The molecule has 1 aromatic heterocycles. The molecule has 0 fully saturated rings. The first-order chi connectivity index (χ1) is 5.77. The maximum Gasteiger partial charge on any atom is 0.326 e. The fourth-order valence-electron chi connectivity index (χ4n) is 1.34. The van der Waals surface area contributed by atoms with E-state index in [-0.39, 0.29) is 24.8 Å². The molecule has 6 heteroatoms. The SMILES string of the molecule is Cl.Cl.O=C(O)C1Cc2ccncc2N1. The number of aliphatic carboxylic acids is 1. The monoisotopic (exact) mass is 236 g/mol. The number of rotatable bonds is 1. The zero-order valence-corrected chi connectivity index (χ0v) is 8.77. The lowest BCUT2D eigenvalue weighted by atomic mass is 10.1. The number of hydrogen-bond acceptors (Lipinski definition) is 3. The summed E-state index contributed by atoms with van der Waals surface area (Å²) >= 11 is 0. The Morgan fingerprint density at radius 3 is 2.86 bits per heavy atom. The summed E-state index contributed by atoms with van der Waals surface area (Å²) in [7, 11) is 0. The van der Waals surface area contributed by atoms with E-state index in [1.807, 2.05) is 6.07 Å². The zero-order chi connectivity index (χ0) is 8.55. The van der Waals surface area contributed by atoms with Crippen LogP contribution in [0.15, 0.2) is 18.5 Å². The first kappa shape index (κ1) is 13.0. The van der Waals surface area contributed by atoms with Gasteiger partial charge in [0.2, 0.25) is 0 Å². The van der Waals surface area contributed by atoms with Crippen molar-refractivity contribution in [1.29, 1.82) is 0 Å². The second kappa shape index (κ2) is 5.02. The van der Waals surface area contributed by atoms with E-state index in [9.17, 15) is 4.79 Å². The molecule has 2 N–H and O–H groups in total. The van der Waals surface area contributed by atoms with Crippen molar-refractivity contribution in [2.24, 2.45) is 0 Å². The zero-order valence-electron chi connectivity index (χ0n) is 7.14. The number of halogens is 2. The molecular weight excluding hydrogens is 227 g/mol. The Hall–Kier alpha value is -1.00. The Morgan fingerprint density at radius 2 is 2.29 bits per heavy atom. The van der Waals surface area contributed by atoms with Crippen LogP contribution in [0.3, 0.4) is 0 Å². The van der Waals surface area contributed by atoms with Gasteiger partial charge in [-0.05, 0) is 11.6 Å². The molecular formula is C8H10Cl2N2O2. The Bertz CT molecular complexity index is 308. The van der Waals surface area contributed by atoms with Crippen LogP contribution in [-0.2, 0) is 11.2 Å². The van der Waals surface area contributed by atoms with Crippen LogP contribution in [0, 0.1) is 0 Å². The quantitative estimate of drug-likeness (QED) is 0.773. The van der Waals surface area contributed by atoms with Crippen molar-refractivity contribution in [1.82, 2.24) is 4.98 Å². The lowest BCUT2D eigenvalue weighted by Gasteiger charge is -2.02. The van der Waals surface area contributed by atoms with Crippen molar-refractivity contribution in [3.05, 3.63) is 24.0 Å². The van der Waals surface area contributed by atoms with Crippen molar-refractivity contribution in [2.75, 3.05) is 5.32 Å². The predicted octanol–water partition coefficient (Wildman–Crippen LogP) is 1.35. The molecule has 0 aliphatic carbocycles. The van der Waals surface area contributed by atoms with Crippen molar-refractivity contribution >= 4 is 36.5 Å². The maximum atomic E-state index is 10.6. The molecule has 2 heterocycles. The van der Waals surface area contributed by atoms with Gasteiger partial charge in [-0.15, -0.1) is 24.8 Å². The number of nitrogens with zero attached hydrogens (tertiary/aromatic N) is 1. The maximum absolute atomic E-state index is 10.6. The number of carbonyl (C=O) groups is 1. The number of hydrogen-bond donors (Lipinski definition) is 2. The second-order valence-electron chi connectivity index (χ2n) is 2.77. The van der Waals surface area contributed by atoms with Gasteiger partial charge in [-0.3, -0.25) is 4.98 Å². The highest BCUT2D eigenvalue weighted by atomic mass is 35.5. The lowest BCUT2D eigenvalue weighted by Crippen LogP contribution is -2.26. The summed E-state index contributed by atoms with van der Waals surface area (Å²) in [4.78, 5) is 14.5. The van der Waals surface area contributed by atoms with Gasteiger partial charge >= 0.3 is 5.97 Å². The van der Waals surface area contributed by atoms with Crippen LogP contribution in [0.1, 0.15) is 5.56 Å². The van der Waals surface area contributed by atoms with Crippen LogP contribution in [0.4, 0.5) is 5.69 Å². The summed E-state index contributed by atoms with van der Waals surface area (Å²) in [6, 6.07) is 1.36. The van der Waals surface area contributed by atoms with E-state index in [2.05, 4.69) is 10.3 Å². The Kier molecular flexibility index (Phi) is 4.67. The van der Waals surface area contributed by atoms with Gasteiger partial charge < -0.3 is 10.4 Å². The fourth-order valence-corrected chi connectivity index (χ4v) is 1.34. The van der Waals surface area contributed by atoms with Crippen molar-refractivity contribution in [3.8, 4) is 0 Å². The predicted molar refractivity (Wildman–Crippen MR) is 57.5 cm³/mol. The number of nitrogens with one attached hydrogen (secondary N) is 1. The molecule has 1 aliphatic rings. The van der Waals surface area contributed by atoms with Gasteiger partial charge in [-0.1, -0.05) is 0 Å². The molecule has 0 spiro atoms. The van der Waals surface area contributed by atoms with Crippen LogP contribution in [0.25, 0.3) is 0 Å². The third kappa shape index (κ3) is 2.27. The van der Waals surface area contributed by atoms with Crippen molar-refractivity contribution < 1.29 is 9.90 Å². The van der Waals surface area contributed by atoms with Gasteiger partial charge in [0.05, 0.1) is 11.9 Å². The van der Waals surface area contributed by atoms with Gasteiger partial charge in [0.1, 0.15) is 6.04 Å². The summed E-state index contributed by atoms with van der Waals surface area (Å²) < 4.78 is 0. The minimum atomic E-state index is -0.814. The van der Waals surface area contributed by atoms with E-state index in [1.165, 1.54) is 0 Å². The summed E-state index contributed by atoms with van der Waals surface area (Å²) in [5, 5.41) is 11.6. The van der Waals surface area contributed by atoms with Crippen molar-refractivity contribution in [3.63, 3.8) is 0 Å². The van der Waals surface area contributed by atoms with Gasteiger partial charge in [0.15, 0.2) is 0 Å². The Balaban J connectivity index is 0.000000845. The molecule has 1 atom stereocenters. The molecule has 0 amide bonds. The van der Waals surface area contributed by atoms with Gasteiger partial charge in [-0.2, -0.15) is 0 Å². The van der Waals surface area contributed by atoms with E-state index in [0.717, 1.165) is 11.3 Å². The average Bonchev–Trinajstić information content (AvgIpc) is 2.46. The van der Waals surface area contributed by atoms with Crippen LogP contribution in [0.2, 0.25) is 0 Å². The number of carboxylic acids is 1. The molecule has 4 nitrogen and oxygen atoms in total. The smallest absolute Gasteiger partial charge is 0.326 e. The van der Waals surface area contributed by atoms with E-state index >= 15 is 0 Å². The minimum Gasteiger partial charge on any atom is -0.480 e. The molecule has 0 saturated heterocycles. The summed E-state index contributed by atoms with van der Waals surface area (Å²) in [5.74, 6) is -0.814. The number of carboxylic acid groups (broad SMARTS) is 1. The molecule has 2 rings (SSSR count). The number of fused-ring (bicyclic) bond motifs is 1. The van der Waals surface area contributed by atoms with E-state index < -0.39 is 12.0 Å². The molecule has 0 bridgehead atoms. The Morgan fingerprint density at radius 1 is 1.57 bits per heavy atom. The number of pyridine rings is 1. The number of aromatic nitrogens is 1. The highest BCUT2D eigenvalue weighted by Gasteiger charge is 2.25. The standard InChI is InChI=1S/C8H8N2O2.2ClH/c11-8(12)6-3-5-1-2-9-4-7(5)10-6;;/h1-2,4,6,10H,3H2,(H,11,12);2*1H. The second-order valence-corrected chi connectivity index (χ2v) is 2.77. The summed E-state index contributed by atoms with van der Waals surface area (Å²) in [6.07, 6.45) is 3.87. The normalized spacial score (nSPS) is 17.0. The first-order valence-electron chi connectivity index (χ1n) is 3.69. The summed E-state index contributed by atoms with van der Waals surface area (Å²) in [5.41, 5.74) is 1.86. The van der Waals surface area contributed by atoms with Gasteiger partial charge in [0.25, 0.3) is 0 Å². The van der Waals surface area contributed by atoms with Gasteiger partial charge in [0, 0.05) is 12.6 Å². The molecule has 0 saturated carbocycles. The highest BCUT2D eigenvalue weighted by molar-refractivity contribution is 5.85. The molecule has 1 aliphatic heterocycles. The van der Waals surface area contributed by atoms with Gasteiger partial charge in [-0.25, -0.2) is 4.79 Å². The number of anilines is 1. The topological polar surface area (TPSA) is 62.2 Å². The minimum absolute atomic E-state index is 0. The lowest BCUT2D eigenvalue weighted by molar-refractivity contribution is -0.137. The third-order valence-electron chi connectivity index (χ3n) is 1.96. The van der Waals surface area contributed by atoms with Crippen LogP contribution in [-0.4, -0.2) is 22.1 Å². The largest absolute Gasteiger partial charge is 0.480 e. The van der Waals surface area contributed by atoms with Crippen LogP contribution in [0.5, 0.6) is 0 Å². The fraction of sp³-hybridized carbons (Fsp3) is 0.250. The first-order valence-corrected chi connectivity index (χ1v) is 3.69. The average molecular weight is 237 g/mol. The Labute approximate surface area is 93.6 Å². The van der Waals surface area contributed by atoms with E-state index in [1.54, 1.807) is 12.4 Å². The van der Waals surface area contributed by atoms with Crippen LogP contribution < -0.4 is 5.32 Å². The third-order valence-corrected chi connectivity index (χ3v) is 1.96. The molecule has 78 valence electrons. The van der Waals surface area contributed by atoms with Crippen LogP contribution >= 0.6 is 24.8 Å². The highest BCUT2D eigenvalue weighted by Crippen LogP contribution is 2.23. The summed E-state index contributed by atoms with van der Waals surface area (Å²) in [6.45, 7) is 0. The molecule has 0 radical (unpaired) electrons.